The first kappa shape index (κ1) is 11.1. The smallest absolute Gasteiger partial charge is 0.261 e. The monoisotopic (exact) mass is 237 g/mol. The van der Waals surface area contributed by atoms with Gasteiger partial charge in [0.2, 0.25) is 0 Å². The van der Waals surface area contributed by atoms with Gasteiger partial charge in [0.05, 0.1) is 4.88 Å². The Morgan fingerprint density at radius 2 is 2.19 bits per heavy atom. The van der Waals surface area contributed by atoms with Crippen molar-refractivity contribution in [2.24, 2.45) is 0 Å². The highest BCUT2D eigenvalue weighted by molar-refractivity contribution is 7.20. The summed E-state index contributed by atoms with van der Waals surface area (Å²) < 4.78 is 14.2. The predicted molar refractivity (Wildman–Crippen MR) is 64.4 cm³/mol. The third kappa shape index (κ3) is 2.07. The van der Waals surface area contributed by atoms with Gasteiger partial charge in [0.15, 0.2) is 0 Å². The van der Waals surface area contributed by atoms with Crippen LogP contribution in [0.25, 0.3) is 10.1 Å². The van der Waals surface area contributed by atoms with E-state index in [1.54, 1.807) is 12.1 Å². The van der Waals surface area contributed by atoms with Crippen LogP contribution in [-0.2, 0) is 0 Å². The van der Waals surface area contributed by atoms with E-state index >= 15 is 0 Å². The normalized spacial score (nSPS) is 11.0. The average Bonchev–Trinajstić information content (AvgIpc) is 2.61. The number of hydrogen-bond acceptors (Lipinski definition) is 2. The minimum Gasteiger partial charge on any atom is -0.349 e. The van der Waals surface area contributed by atoms with Crippen LogP contribution in [0.4, 0.5) is 4.39 Å². The maximum Gasteiger partial charge on any atom is 0.261 e. The van der Waals surface area contributed by atoms with Crippen LogP contribution < -0.4 is 5.32 Å². The molecule has 2 nitrogen and oxygen atoms in total. The topological polar surface area (TPSA) is 29.1 Å². The lowest BCUT2D eigenvalue weighted by atomic mass is 10.2. The van der Waals surface area contributed by atoms with Gasteiger partial charge in [-0.05, 0) is 32.0 Å². The number of hydrogen-bond donors (Lipinski definition) is 1. The Morgan fingerprint density at radius 3 is 2.81 bits per heavy atom. The quantitative estimate of drug-likeness (QED) is 0.854. The molecule has 2 rings (SSSR count). The van der Waals surface area contributed by atoms with E-state index in [0.717, 1.165) is 4.70 Å². The van der Waals surface area contributed by atoms with E-state index < -0.39 is 0 Å². The standard InChI is InChI=1S/C12H12FNOS/c1-7(2)14-12(15)11-6-8-9(13)4-3-5-10(8)16-11/h3-7H,1-2H3,(H,14,15). The summed E-state index contributed by atoms with van der Waals surface area (Å²) in [5, 5.41) is 3.30. The molecule has 0 aliphatic rings. The molecular formula is C12H12FNOS. The van der Waals surface area contributed by atoms with E-state index in [0.29, 0.717) is 10.3 Å². The third-order valence-electron chi connectivity index (χ3n) is 2.15. The van der Waals surface area contributed by atoms with E-state index in [4.69, 9.17) is 0 Å². The van der Waals surface area contributed by atoms with Gasteiger partial charge in [-0.3, -0.25) is 4.79 Å². The van der Waals surface area contributed by atoms with E-state index in [9.17, 15) is 9.18 Å². The van der Waals surface area contributed by atoms with Crippen molar-refractivity contribution in [1.82, 2.24) is 5.32 Å². The zero-order chi connectivity index (χ0) is 11.7. The number of thiophene rings is 1. The molecule has 16 heavy (non-hydrogen) atoms. The maximum absolute atomic E-state index is 13.4. The molecule has 0 radical (unpaired) electrons. The van der Waals surface area contributed by atoms with Crippen molar-refractivity contribution in [2.75, 3.05) is 0 Å². The lowest BCUT2D eigenvalue weighted by molar-refractivity contribution is 0.0947. The molecule has 84 valence electrons. The summed E-state index contributed by atoms with van der Waals surface area (Å²) in [6.07, 6.45) is 0. The molecule has 0 unspecified atom stereocenters. The van der Waals surface area contributed by atoms with Gasteiger partial charge in [-0.2, -0.15) is 0 Å². The van der Waals surface area contributed by atoms with Crippen LogP contribution in [0.2, 0.25) is 0 Å². The van der Waals surface area contributed by atoms with E-state index in [1.165, 1.54) is 17.4 Å². The maximum atomic E-state index is 13.4. The number of carbonyl (C=O) groups is 1. The molecule has 0 atom stereocenters. The van der Waals surface area contributed by atoms with Gasteiger partial charge in [-0.25, -0.2) is 4.39 Å². The van der Waals surface area contributed by atoms with Crippen LogP contribution in [0.15, 0.2) is 24.3 Å². The molecule has 1 heterocycles. The molecule has 0 saturated heterocycles. The number of fused-ring (bicyclic) bond motifs is 1. The first-order valence-electron chi connectivity index (χ1n) is 5.07. The SMILES string of the molecule is CC(C)NC(=O)c1cc2c(F)cccc2s1. The summed E-state index contributed by atoms with van der Waals surface area (Å²) in [5.74, 6) is -0.423. The first-order valence-corrected chi connectivity index (χ1v) is 5.88. The van der Waals surface area contributed by atoms with Gasteiger partial charge < -0.3 is 5.32 Å². The highest BCUT2D eigenvalue weighted by Gasteiger charge is 2.12. The number of rotatable bonds is 2. The van der Waals surface area contributed by atoms with Gasteiger partial charge in [-0.1, -0.05) is 6.07 Å². The molecule has 0 fully saturated rings. The summed E-state index contributed by atoms with van der Waals surface area (Å²) in [7, 11) is 0. The molecule has 1 amide bonds. The minimum absolute atomic E-state index is 0.0857. The number of halogens is 1. The molecule has 0 spiro atoms. The molecule has 2 aromatic rings. The second-order valence-electron chi connectivity index (χ2n) is 3.89. The van der Waals surface area contributed by atoms with E-state index in [1.807, 2.05) is 19.9 Å². The Balaban J connectivity index is 2.40. The zero-order valence-electron chi connectivity index (χ0n) is 9.08. The zero-order valence-corrected chi connectivity index (χ0v) is 9.90. The Bertz CT molecular complexity index is 533. The lowest BCUT2D eigenvalue weighted by Crippen LogP contribution is -2.29. The van der Waals surface area contributed by atoms with Crippen LogP contribution in [0.1, 0.15) is 23.5 Å². The van der Waals surface area contributed by atoms with Crippen molar-refractivity contribution in [1.29, 1.82) is 0 Å². The van der Waals surface area contributed by atoms with Crippen LogP contribution in [0, 0.1) is 5.82 Å². The van der Waals surface area contributed by atoms with Crippen molar-refractivity contribution >= 4 is 27.3 Å². The van der Waals surface area contributed by atoms with Crippen LogP contribution >= 0.6 is 11.3 Å². The van der Waals surface area contributed by atoms with E-state index in [2.05, 4.69) is 5.32 Å². The van der Waals surface area contributed by atoms with Crippen molar-refractivity contribution in [2.45, 2.75) is 19.9 Å². The Hall–Kier alpha value is -1.42. The fraction of sp³-hybridized carbons (Fsp3) is 0.250. The molecule has 0 saturated carbocycles. The van der Waals surface area contributed by atoms with Crippen molar-refractivity contribution in [3.05, 3.63) is 35.0 Å². The summed E-state index contributed by atoms with van der Waals surface area (Å²) in [6.45, 7) is 3.79. The highest BCUT2D eigenvalue weighted by Crippen LogP contribution is 2.27. The Kier molecular flexibility index (Phi) is 2.92. The fourth-order valence-corrected chi connectivity index (χ4v) is 2.45. The summed E-state index contributed by atoms with van der Waals surface area (Å²) in [6, 6.07) is 6.56. The summed E-state index contributed by atoms with van der Waals surface area (Å²) >= 11 is 1.31. The summed E-state index contributed by atoms with van der Waals surface area (Å²) in [5.41, 5.74) is 0. The minimum atomic E-state index is -0.280. The van der Waals surface area contributed by atoms with Crippen molar-refractivity contribution in [3.63, 3.8) is 0 Å². The highest BCUT2D eigenvalue weighted by atomic mass is 32.1. The third-order valence-corrected chi connectivity index (χ3v) is 3.25. The van der Waals surface area contributed by atoms with Gasteiger partial charge in [-0.15, -0.1) is 11.3 Å². The van der Waals surface area contributed by atoms with Crippen LogP contribution in [-0.4, -0.2) is 11.9 Å². The van der Waals surface area contributed by atoms with Crippen molar-refractivity contribution < 1.29 is 9.18 Å². The van der Waals surface area contributed by atoms with Gasteiger partial charge in [0.1, 0.15) is 5.82 Å². The molecule has 1 aromatic heterocycles. The molecule has 1 aromatic carbocycles. The average molecular weight is 237 g/mol. The Labute approximate surface area is 97.1 Å². The Morgan fingerprint density at radius 1 is 1.44 bits per heavy atom. The number of nitrogens with one attached hydrogen (secondary N) is 1. The number of amides is 1. The molecular weight excluding hydrogens is 225 g/mol. The van der Waals surface area contributed by atoms with Crippen LogP contribution in [0.5, 0.6) is 0 Å². The van der Waals surface area contributed by atoms with Crippen LogP contribution in [0.3, 0.4) is 0 Å². The lowest BCUT2D eigenvalue weighted by Gasteiger charge is -2.05. The van der Waals surface area contributed by atoms with E-state index in [-0.39, 0.29) is 17.8 Å². The molecule has 4 heteroatoms. The molecule has 0 bridgehead atoms. The van der Waals surface area contributed by atoms with Gasteiger partial charge in [0, 0.05) is 16.1 Å². The number of benzene rings is 1. The fourth-order valence-electron chi connectivity index (χ4n) is 1.47. The molecule has 0 aliphatic heterocycles. The summed E-state index contributed by atoms with van der Waals surface area (Å²) in [4.78, 5) is 12.3. The number of carbonyl (C=O) groups excluding carboxylic acids is 1. The van der Waals surface area contributed by atoms with Gasteiger partial charge >= 0.3 is 0 Å². The second-order valence-corrected chi connectivity index (χ2v) is 4.97. The molecule has 1 N–H and O–H groups in total. The molecule has 0 aliphatic carbocycles. The van der Waals surface area contributed by atoms with Gasteiger partial charge in [0.25, 0.3) is 5.91 Å². The predicted octanol–water partition coefficient (Wildman–Crippen LogP) is 3.18. The largest absolute Gasteiger partial charge is 0.349 e. The first-order chi connectivity index (χ1) is 7.58. The second kappa shape index (κ2) is 4.22. The van der Waals surface area contributed by atoms with Crippen molar-refractivity contribution in [3.8, 4) is 0 Å².